The number of benzene rings is 3. The maximum atomic E-state index is 12.8. The van der Waals surface area contributed by atoms with Crippen molar-refractivity contribution in [3.05, 3.63) is 101 Å². The van der Waals surface area contributed by atoms with Crippen molar-refractivity contribution in [3.8, 4) is 16.8 Å². The summed E-state index contributed by atoms with van der Waals surface area (Å²) in [7, 11) is 0. The van der Waals surface area contributed by atoms with Gasteiger partial charge in [0.15, 0.2) is 0 Å². The molecule has 0 N–H and O–H groups in total. The van der Waals surface area contributed by atoms with Crippen LogP contribution in [0, 0.1) is 0 Å². The smallest absolute Gasteiger partial charge is 0.343 e. The van der Waals surface area contributed by atoms with Gasteiger partial charge in [0.25, 0.3) is 0 Å². The zero-order valence-electron chi connectivity index (χ0n) is 15.5. The number of fused-ring (bicyclic) bond motifs is 1. The number of nitrogens with zero attached hydrogens (tertiary/aromatic N) is 1. The molecule has 0 aliphatic heterocycles. The molecule has 4 heteroatoms. The predicted molar refractivity (Wildman–Crippen MR) is 111 cm³/mol. The third-order valence-electron chi connectivity index (χ3n) is 4.66. The summed E-state index contributed by atoms with van der Waals surface area (Å²) < 4.78 is 6.93. The fourth-order valence-electron chi connectivity index (χ4n) is 3.29. The molecule has 4 rings (SSSR count). The Morgan fingerprint density at radius 2 is 1.50 bits per heavy atom. The SMILES string of the molecule is CCOC(=O)c1cn(-c2ccc(-c3ccccc3)cc2)c2ccccc2c1=O. The number of aromatic nitrogens is 1. The first-order valence-corrected chi connectivity index (χ1v) is 9.16. The third kappa shape index (κ3) is 3.21. The minimum atomic E-state index is -0.604. The molecule has 1 heterocycles. The van der Waals surface area contributed by atoms with E-state index >= 15 is 0 Å². The van der Waals surface area contributed by atoms with Gasteiger partial charge in [0, 0.05) is 17.3 Å². The summed E-state index contributed by atoms with van der Waals surface area (Å²) in [6, 6.07) is 25.4. The van der Waals surface area contributed by atoms with Crippen molar-refractivity contribution in [2.45, 2.75) is 6.92 Å². The Morgan fingerprint density at radius 3 is 2.21 bits per heavy atom. The van der Waals surface area contributed by atoms with Crippen LogP contribution in [0.2, 0.25) is 0 Å². The molecule has 3 aromatic carbocycles. The monoisotopic (exact) mass is 369 g/mol. The molecule has 0 amide bonds. The normalized spacial score (nSPS) is 10.8. The van der Waals surface area contributed by atoms with Crippen LogP contribution in [-0.2, 0) is 4.74 Å². The van der Waals surface area contributed by atoms with E-state index in [1.54, 1.807) is 25.3 Å². The van der Waals surface area contributed by atoms with Crippen molar-refractivity contribution in [2.75, 3.05) is 6.61 Å². The Hall–Kier alpha value is -3.66. The van der Waals surface area contributed by atoms with Gasteiger partial charge >= 0.3 is 5.97 Å². The Bertz CT molecular complexity index is 1190. The Balaban J connectivity index is 1.87. The molecule has 1 aromatic heterocycles. The van der Waals surface area contributed by atoms with Crippen molar-refractivity contribution in [1.29, 1.82) is 0 Å². The predicted octanol–water partition coefficient (Wildman–Crippen LogP) is 4.83. The minimum absolute atomic E-state index is 0.0349. The Kier molecular flexibility index (Phi) is 4.77. The maximum Gasteiger partial charge on any atom is 0.343 e. The zero-order valence-corrected chi connectivity index (χ0v) is 15.5. The number of esters is 1. The van der Waals surface area contributed by atoms with Crippen LogP contribution in [0.3, 0.4) is 0 Å². The highest BCUT2D eigenvalue weighted by molar-refractivity contribution is 5.94. The molecule has 0 fully saturated rings. The molecule has 4 nitrogen and oxygen atoms in total. The first-order chi connectivity index (χ1) is 13.7. The minimum Gasteiger partial charge on any atom is -0.462 e. The van der Waals surface area contributed by atoms with E-state index < -0.39 is 5.97 Å². The highest BCUT2D eigenvalue weighted by Crippen LogP contribution is 2.23. The number of hydrogen-bond donors (Lipinski definition) is 0. The lowest BCUT2D eigenvalue weighted by Gasteiger charge is -2.14. The largest absolute Gasteiger partial charge is 0.462 e. The van der Waals surface area contributed by atoms with E-state index in [-0.39, 0.29) is 17.6 Å². The standard InChI is InChI=1S/C24H19NO3/c1-2-28-24(27)21-16-25(22-11-7-6-10-20(22)23(21)26)19-14-12-18(13-15-19)17-8-4-3-5-9-17/h3-16H,2H2,1H3. The molecule has 0 saturated carbocycles. The second kappa shape index (κ2) is 7.53. The fraction of sp³-hybridized carbons (Fsp3) is 0.0833. The van der Waals surface area contributed by atoms with Gasteiger partial charge in [-0.25, -0.2) is 4.79 Å². The second-order valence-electron chi connectivity index (χ2n) is 6.39. The summed E-state index contributed by atoms with van der Waals surface area (Å²) in [5, 5.41) is 0.486. The van der Waals surface area contributed by atoms with Crippen LogP contribution in [0.1, 0.15) is 17.3 Å². The van der Waals surface area contributed by atoms with Gasteiger partial charge < -0.3 is 9.30 Å². The van der Waals surface area contributed by atoms with Gasteiger partial charge in [0.05, 0.1) is 12.1 Å². The van der Waals surface area contributed by atoms with Gasteiger partial charge in [-0.1, -0.05) is 54.6 Å². The van der Waals surface area contributed by atoms with Crippen LogP contribution < -0.4 is 5.43 Å². The molecule has 0 atom stereocenters. The summed E-state index contributed by atoms with van der Waals surface area (Å²) >= 11 is 0. The molecule has 0 unspecified atom stereocenters. The number of ether oxygens (including phenoxy) is 1. The Morgan fingerprint density at radius 1 is 0.857 bits per heavy atom. The molecule has 138 valence electrons. The number of pyridine rings is 1. The summed E-state index contributed by atoms with van der Waals surface area (Å²) in [5.74, 6) is -0.604. The van der Waals surface area contributed by atoms with Crippen molar-refractivity contribution in [2.24, 2.45) is 0 Å². The summed E-state index contributed by atoms with van der Waals surface area (Å²) in [4.78, 5) is 25.0. The van der Waals surface area contributed by atoms with E-state index in [1.165, 1.54) is 0 Å². The summed E-state index contributed by atoms with van der Waals surface area (Å²) in [6.45, 7) is 1.94. The molecule has 0 spiro atoms. The van der Waals surface area contributed by atoms with Crippen molar-refractivity contribution in [1.82, 2.24) is 4.57 Å². The molecule has 0 aliphatic carbocycles. The van der Waals surface area contributed by atoms with E-state index in [0.717, 1.165) is 22.3 Å². The lowest BCUT2D eigenvalue weighted by Crippen LogP contribution is -2.20. The van der Waals surface area contributed by atoms with E-state index in [1.807, 2.05) is 59.2 Å². The quantitative estimate of drug-likeness (QED) is 0.484. The van der Waals surface area contributed by atoms with Crippen molar-refractivity contribution >= 4 is 16.9 Å². The van der Waals surface area contributed by atoms with Crippen LogP contribution in [0.4, 0.5) is 0 Å². The average molecular weight is 369 g/mol. The van der Waals surface area contributed by atoms with Crippen LogP contribution in [0.25, 0.3) is 27.7 Å². The molecule has 0 aliphatic rings. The molecule has 4 aromatic rings. The van der Waals surface area contributed by atoms with Gasteiger partial charge in [0.2, 0.25) is 5.43 Å². The first-order valence-electron chi connectivity index (χ1n) is 9.16. The van der Waals surface area contributed by atoms with Gasteiger partial charge in [-0.2, -0.15) is 0 Å². The molecule has 28 heavy (non-hydrogen) atoms. The van der Waals surface area contributed by atoms with E-state index in [4.69, 9.17) is 4.74 Å². The fourth-order valence-corrected chi connectivity index (χ4v) is 3.29. The van der Waals surface area contributed by atoms with Crippen molar-refractivity contribution in [3.63, 3.8) is 0 Å². The molecule has 0 saturated heterocycles. The van der Waals surface area contributed by atoms with Crippen LogP contribution in [0.15, 0.2) is 89.9 Å². The molecular weight excluding hydrogens is 350 g/mol. The maximum absolute atomic E-state index is 12.8. The van der Waals surface area contributed by atoms with Crippen LogP contribution >= 0.6 is 0 Å². The number of hydrogen-bond acceptors (Lipinski definition) is 3. The lowest BCUT2D eigenvalue weighted by molar-refractivity contribution is 0.0524. The highest BCUT2D eigenvalue weighted by Gasteiger charge is 2.17. The zero-order chi connectivity index (χ0) is 19.5. The second-order valence-corrected chi connectivity index (χ2v) is 6.39. The van der Waals surface area contributed by atoms with E-state index in [9.17, 15) is 9.59 Å². The number of para-hydroxylation sites is 1. The van der Waals surface area contributed by atoms with Crippen molar-refractivity contribution < 1.29 is 9.53 Å². The van der Waals surface area contributed by atoms with E-state index in [0.29, 0.717) is 5.39 Å². The molecule has 0 bridgehead atoms. The number of carbonyl (C=O) groups is 1. The molecule has 0 radical (unpaired) electrons. The van der Waals surface area contributed by atoms with Gasteiger partial charge in [-0.05, 0) is 42.3 Å². The van der Waals surface area contributed by atoms with Crippen LogP contribution in [0.5, 0.6) is 0 Å². The average Bonchev–Trinajstić information content (AvgIpc) is 2.75. The topological polar surface area (TPSA) is 48.3 Å². The molecular formula is C24H19NO3. The lowest BCUT2D eigenvalue weighted by atomic mass is 10.1. The number of rotatable bonds is 4. The van der Waals surface area contributed by atoms with Crippen LogP contribution in [-0.4, -0.2) is 17.1 Å². The van der Waals surface area contributed by atoms with E-state index in [2.05, 4.69) is 12.1 Å². The first kappa shape index (κ1) is 17.7. The number of carbonyl (C=O) groups excluding carboxylic acids is 1. The summed E-state index contributed by atoms with van der Waals surface area (Å²) in [6.07, 6.45) is 1.57. The van der Waals surface area contributed by atoms with Gasteiger partial charge in [0.1, 0.15) is 5.56 Å². The van der Waals surface area contributed by atoms with Gasteiger partial charge in [-0.3, -0.25) is 4.79 Å². The van der Waals surface area contributed by atoms with Gasteiger partial charge in [-0.15, -0.1) is 0 Å². The summed E-state index contributed by atoms with van der Waals surface area (Å²) in [5.41, 5.74) is 3.56. The third-order valence-corrected chi connectivity index (χ3v) is 4.66. The highest BCUT2D eigenvalue weighted by atomic mass is 16.5. The Labute approximate surface area is 162 Å².